The number of nitrogens with one attached hydrogen (secondary N) is 1. The van der Waals surface area contributed by atoms with Crippen LogP contribution in [0.15, 0.2) is 60.7 Å². The predicted molar refractivity (Wildman–Crippen MR) is 219 cm³/mol. The molecule has 300 valence electrons. The van der Waals surface area contributed by atoms with Crippen LogP contribution >= 0.6 is 11.6 Å². The number of piperazine rings is 1. The molecule has 0 radical (unpaired) electrons. The molecule has 3 aromatic carbocycles. The zero-order valence-corrected chi connectivity index (χ0v) is 33.3. The third-order valence-electron chi connectivity index (χ3n) is 13.4. The van der Waals surface area contributed by atoms with Gasteiger partial charge in [-0.1, -0.05) is 17.7 Å². The Bertz CT molecular complexity index is 2230. The SMILES string of the molecule is N#Cc1ccc(N2CCC3(CCN(C(=O)c4cccc(N5CCN(CC6CCN(c7ccc8c(c7)C(=O)N(C7CCC(=O)NC7=O)C8=O)CC6)CC5)c4)C3)C2)cc1Cl. The summed E-state index contributed by atoms with van der Waals surface area (Å²) in [7, 11) is 0. The maximum atomic E-state index is 13.8. The molecule has 6 heterocycles. The van der Waals surface area contributed by atoms with Gasteiger partial charge in [-0.3, -0.25) is 39.1 Å². The Hall–Kier alpha value is -5.45. The minimum absolute atomic E-state index is 0.0632. The molecule has 0 saturated carbocycles. The molecule has 9 rings (SSSR count). The van der Waals surface area contributed by atoms with Crippen molar-refractivity contribution < 1.29 is 24.0 Å². The van der Waals surface area contributed by atoms with Gasteiger partial charge in [0.2, 0.25) is 11.8 Å². The summed E-state index contributed by atoms with van der Waals surface area (Å²) in [6, 6.07) is 20.3. The van der Waals surface area contributed by atoms with Crippen molar-refractivity contribution in [3.63, 3.8) is 0 Å². The van der Waals surface area contributed by atoms with Gasteiger partial charge in [-0.05, 0) is 92.6 Å². The lowest BCUT2D eigenvalue weighted by atomic mass is 9.86. The third kappa shape index (κ3) is 7.17. The van der Waals surface area contributed by atoms with Crippen molar-refractivity contribution in [2.75, 3.05) is 86.7 Å². The number of nitrogens with zero attached hydrogens (tertiary/aromatic N) is 7. The number of benzene rings is 3. The molecule has 3 aromatic rings. The number of hydrogen-bond donors (Lipinski definition) is 1. The quantitative estimate of drug-likeness (QED) is 0.342. The highest BCUT2D eigenvalue weighted by molar-refractivity contribution is 6.32. The molecule has 0 aliphatic carbocycles. The van der Waals surface area contributed by atoms with E-state index >= 15 is 0 Å². The smallest absolute Gasteiger partial charge is 0.262 e. The van der Waals surface area contributed by atoms with Crippen LogP contribution in [0, 0.1) is 22.7 Å². The number of rotatable bonds is 7. The number of carbonyl (C=O) groups excluding carboxylic acids is 5. The van der Waals surface area contributed by atoms with Crippen LogP contribution in [-0.4, -0.2) is 122 Å². The Morgan fingerprint density at radius 3 is 2.22 bits per heavy atom. The van der Waals surface area contributed by atoms with Crippen molar-refractivity contribution in [3.8, 4) is 6.07 Å². The first-order valence-electron chi connectivity index (χ1n) is 20.5. The van der Waals surface area contributed by atoms with Gasteiger partial charge in [-0.2, -0.15) is 5.26 Å². The van der Waals surface area contributed by atoms with Crippen LogP contribution in [0.25, 0.3) is 0 Å². The highest BCUT2D eigenvalue weighted by Gasteiger charge is 2.46. The van der Waals surface area contributed by atoms with Gasteiger partial charge in [0.15, 0.2) is 0 Å². The van der Waals surface area contributed by atoms with Crippen LogP contribution < -0.4 is 20.0 Å². The summed E-state index contributed by atoms with van der Waals surface area (Å²) in [4.78, 5) is 77.0. The van der Waals surface area contributed by atoms with E-state index in [2.05, 4.69) is 43.1 Å². The summed E-state index contributed by atoms with van der Waals surface area (Å²) in [6.07, 6.45) is 4.28. The number of carbonyl (C=O) groups is 5. The number of hydrogen-bond acceptors (Lipinski definition) is 10. The van der Waals surface area contributed by atoms with Crippen molar-refractivity contribution in [2.45, 2.75) is 44.6 Å². The second kappa shape index (κ2) is 15.4. The highest BCUT2D eigenvalue weighted by Crippen LogP contribution is 2.42. The Labute approximate surface area is 343 Å². The van der Waals surface area contributed by atoms with Crippen LogP contribution in [0.2, 0.25) is 5.02 Å². The van der Waals surface area contributed by atoms with E-state index < -0.39 is 23.8 Å². The van der Waals surface area contributed by atoms with Crippen molar-refractivity contribution in [1.82, 2.24) is 20.0 Å². The molecule has 0 aromatic heterocycles. The Balaban J connectivity index is 0.743. The van der Waals surface area contributed by atoms with Crippen LogP contribution in [-0.2, 0) is 9.59 Å². The second-order valence-corrected chi connectivity index (χ2v) is 17.3. The molecule has 1 N–H and O–H groups in total. The van der Waals surface area contributed by atoms with E-state index in [1.807, 2.05) is 35.2 Å². The zero-order valence-electron chi connectivity index (χ0n) is 32.5. The number of imide groups is 2. The number of halogens is 1. The lowest BCUT2D eigenvalue weighted by molar-refractivity contribution is -0.136. The van der Waals surface area contributed by atoms with Crippen molar-refractivity contribution in [3.05, 3.63) is 87.9 Å². The summed E-state index contributed by atoms with van der Waals surface area (Å²) in [5.41, 5.74) is 4.92. The van der Waals surface area contributed by atoms with E-state index in [9.17, 15) is 29.2 Å². The highest BCUT2D eigenvalue weighted by atomic mass is 35.5. The maximum absolute atomic E-state index is 13.8. The largest absolute Gasteiger partial charge is 0.371 e. The van der Waals surface area contributed by atoms with Gasteiger partial charge in [0.25, 0.3) is 17.7 Å². The Kier molecular flexibility index (Phi) is 10.1. The minimum atomic E-state index is -0.969. The summed E-state index contributed by atoms with van der Waals surface area (Å²) < 4.78 is 0. The topological polar surface area (TPSA) is 141 Å². The van der Waals surface area contributed by atoms with Gasteiger partial charge in [-0.15, -0.1) is 0 Å². The third-order valence-corrected chi connectivity index (χ3v) is 13.7. The molecule has 13 nitrogen and oxygen atoms in total. The molecule has 1 spiro atoms. The molecule has 2 atom stereocenters. The number of fused-ring (bicyclic) bond motifs is 1. The molecule has 14 heteroatoms. The van der Waals surface area contributed by atoms with Gasteiger partial charge in [-0.25, -0.2) is 0 Å². The fourth-order valence-corrected chi connectivity index (χ4v) is 10.2. The predicted octanol–water partition coefficient (Wildman–Crippen LogP) is 4.39. The van der Waals surface area contributed by atoms with E-state index in [0.717, 1.165) is 125 Å². The fourth-order valence-electron chi connectivity index (χ4n) is 9.99. The summed E-state index contributed by atoms with van der Waals surface area (Å²) in [5.74, 6) is -1.30. The fraction of sp³-hybridized carbons (Fsp3) is 0.455. The Morgan fingerprint density at radius 1 is 0.759 bits per heavy atom. The number of nitriles is 1. The Morgan fingerprint density at radius 2 is 1.47 bits per heavy atom. The van der Waals surface area contributed by atoms with Crippen LogP contribution in [0.4, 0.5) is 17.1 Å². The molecule has 2 unspecified atom stereocenters. The van der Waals surface area contributed by atoms with Crippen LogP contribution in [0.5, 0.6) is 0 Å². The lowest BCUT2D eigenvalue weighted by Gasteiger charge is -2.40. The van der Waals surface area contributed by atoms with E-state index in [0.29, 0.717) is 27.6 Å². The monoisotopic (exact) mass is 802 g/mol. The van der Waals surface area contributed by atoms with E-state index in [4.69, 9.17) is 11.6 Å². The first-order valence-corrected chi connectivity index (χ1v) is 20.9. The number of piperidine rings is 2. The van der Waals surface area contributed by atoms with Gasteiger partial charge in [0.1, 0.15) is 12.1 Å². The second-order valence-electron chi connectivity index (χ2n) is 16.9. The van der Waals surface area contributed by atoms with Crippen molar-refractivity contribution in [2.24, 2.45) is 11.3 Å². The van der Waals surface area contributed by atoms with Crippen LogP contribution in [0.3, 0.4) is 0 Å². The standard InChI is InChI=1S/C44H47ClN8O5/c45-37-24-34(5-4-31(37)25-46)51-16-12-44(27-51)13-17-52(28-44)41(56)30-2-1-3-32(22-30)50-20-18-48(19-21-50)26-29-10-14-49(15-11-29)33-6-7-35-36(23-33)43(58)53(42(35)57)38-8-9-39(54)47-40(38)55/h1-7,22-24,29,38H,8-21,26-28H2,(H,47,54,55). The molecule has 5 saturated heterocycles. The maximum Gasteiger partial charge on any atom is 0.262 e. The van der Waals surface area contributed by atoms with Crippen molar-refractivity contribution >= 4 is 58.2 Å². The average Bonchev–Trinajstić information content (AvgIpc) is 3.93. The van der Waals surface area contributed by atoms with Gasteiger partial charge >= 0.3 is 0 Å². The first-order chi connectivity index (χ1) is 28.1. The molecule has 5 fully saturated rings. The summed E-state index contributed by atoms with van der Waals surface area (Å²) in [5, 5.41) is 12.0. The van der Waals surface area contributed by atoms with E-state index in [-0.39, 0.29) is 30.1 Å². The summed E-state index contributed by atoms with van der Waals surface area (Å²) >= 11 is 6.33. The van der Waals surface area contributed by atoms with Crippen LogP contribution in [0.1, 0.15) is 75.2 Å². The molecule has 58 heavy (non-hydrogen) atoms. The number of anilines is 3. The normalized spacial score (nSPS) is 24.2. The van der Waals surface area contributed by atoms with Crippen molar-refractivity contribution in [1.29, 1.82) is 5.26 Å². The average molecular weight is 803 g/mol. The van der Waals surface area contributed by atoms with E-state index in [1.54, 1.807) is 18.2 Å². The molecular formula is C44H47ClN8O5. The first kappa shape index (κ1) is 38.1. The molecule has 5 amide bonds. The lowest BCUT2D eigenvalue weighted by Crippen LogP contribution is -2.54. The minimum Gasteiger partial charge on any atom is -0.371 e. The zero-order chi connectivity index (χ0) is 40.1. The number of likely N-dealkylation sites (tertiary alicyclic amines) is 1. The number of amides is 5. The molecule has 6 aliphatic heterocycles. The molecule has 6 aliphatic rings. The van der Waals surface area contributed by atoms with E-state index in [1.165, 1.54) is 0 Å². The van der Waals surface area contributed by atoms with Gasteiger partial charge < -0.3 is 19.6 Å². The summed E-state index contributed by atoms with van der Waals surface area (Å²) in [6.45, 7) is 9.72. The van der Waals surface area contributed by atoms with Gasteiger partial charge in [0, 0.05) is 106 Å². The van der Waals surface area contributed by atoms with Gasteiger partial charge in [0.05, 0.1) is 21.7 Å². The molecule has 0 bridgehead atoms. The molecular weight excluding hydrogens is 756 g/mol.